The Kier molecular flexibility index (Phi) is 5.83. The number of nitrogens with zero attached hydrogens (tertiary/aromatic N) is 3. The fourth-order valence-electron chi connectivity index (χ4n) is 1.83. The summed E-state index contributed by atoms with van der Waals surface area (Å²) in [7, 11) is 5.51. The molecule has 118 valence electrons. The zero-order valence-electron chi connectivity index (χ0n) is 12.7. The van der Waals surface area contributed by atoms with E-state index in [2.05, 4.69) is 15.3 Å². The molecule has 1 N–H and O–H groups in total. The number of rotatable bonds is 6. The van der Waals surface area contributed by atoms with Crippen molar-refractivity contribution in [1.29, 1.82) is 0 Å². The van der Waals surface area contributed by atoms with Crippen LogP contribution >= 0.6 is 23.2 Å². The van der Waals surface area contributed by atoms with E-state index in [1.807, 2.05) is 43.3 Å². The number of anilines is 1. The van der Waals surface area contributed by atoms with Crippen LogP contribution in [-0.2, 0) is 6.42 Å². The molecular formula is C15H18Cl2N4O. The molecule has 0 radical (unpaired) electrons. The van der Waals surface area contributed by atoms with Gasteiger partial charge in [0.1, 0.15) is 16.1 Å². The van der Waals surface area contributed by atoms with Gasteiger partial charge in [0, 0.05) is 12.0 Å². The lowest BCUT2D eigenvalue weighted by atomic mass is 10.1. The van der Waals surface area contributed by atoms with Gasteiger partial charge in [0.25, 0.3) is 0 Å². The monoisotopic (exact) mass is 340 g/mol. The number of halogens is 2. The summed E-state index contributed by atoms with van der Waals surface area (Å²) < 4.78 is 5.14. The van der Waals surface area contributed by atoms with Gasteiger partial charge in [0.2, 0.25) is 5.95 Å². The van der Waals surface area contributed by atoms with E-state index in [0.29, 0.717) is 34.9 Å². The second-order valence-corrected chi connectivity index (χ2v) is 5.76. The number of nitrogens with one attached hydrogen (secondary N) is 1. The van der Waals surface area contributed by atoms with Crippen molar-refractivity contribution in [3.05, 3.63) is 45.7 Å². The van der Waals surface area contributed by atoms with E-state index < -0.39 is 0 Å². The molecule has 1 aromatic heterocycles. The maximum atomic E-state index is 6.24. The van der Waals surface area contributed by atoms with Crippen LogP contribution in [0, 0.1) is 0 Å². The van der Waals surface area contributed by atoms with Crippen molar-refractivity contribution in [3.8, 4) is 5.75 Å². The largest absolute Gasteiger partial charge is 0.497 e. The lowest BCUT2D eigenvalue weighted by Gasteiger charge is -2.13. The van der Waals surface area contributed by atoms with Crippen LogP contribution in [0.15, 0.2) is 24.3 Å². The molecule has 0 unspecified atom stereocenters. The minimum atomic E-state index is 0.358. The highest BCUT2D eigenvalue weighted by atomic mass is 35.5. The minimum Gasteiger partial charge on any atom is -0.497 e. The number of ether oxygens (including phenoxy) is 1. The van der Waals surface area contributed by atoms with E-state index in [9.17, 15) is 0 Å². The average Bonchev–Trinajstić information content (AvgIpc) is 2.49. The zero-order valence-corrected chi connectivity index (χ0v) is 14.2. The molecule has 0 aliphatic heterocycles. The Bertz CT molecular complexity index is 609. The minimum absolute atomic E-state index is 0.358. The van der Waals surface area contributed by atoms with E-state index in [-0.39, 0.29) is 0 Å². The molecule has 0 spiro atoms. The first kappa shape index (κ1) is 16.8. The quantitative estimate of drug-likeness (QED) is 0.645. The van der Waals surface area contributed by atoms with E-state index in [1.54, 1.807) is 7.11 Å². The summed E-state index contributed by atoms with van der Waals surface area (Å²) in [6.07, 6.45) is 0.565. The Morgan fingerprint density at radius 2 is 1.68 bits per heavy atom. The average molecular weight is 341 g/mol. The molecule has 0 saturated carbocycles. The van der Waals surface area contributed by atoms with Crippen molar-refractivity contribution in [2.24, 2.45) is 0 Å². The molecule has 2 rings (SSSR count). The highest BCUT2D eigenvalue weighted by molar-refractivity contribution is 6.34. The van der Waals surface area contributed by atoms with Crippen molar-refractivity contribution in [1.82, 2.24) is 14.9 Å². The number of benzene rings is 1. The highest BCUT2D eigenvalue weighted by Crippen LogP contribution is 2.26. The lowest BCUT2D eigenvalue weighted by Crippen LogP contribution is -2.21. The Balaban J connectivity index is 2.16. The van der Waals surface area contributed by atoms with Gasteiger partial charge in [0.15, 0.2) is 0 Å². The van der Waals surface area contributed by atoms with E-state index in [0.717, 1.165) is 11.3 Å². The van der Waals surface area contributed by atoms with Crippen molar-refractivity contribution in [2.75, 3.05) is 33.2 Å². The van der Waals surface area contributed by atoms with Crippen LogP contribution in [0.1, 0.15) is 11.1 Å². The Morgan fingerprint density at radius 3 is 2.18 bits per heavy atom. The molecule has 1 heterocycles. The molecule has 0 saturated heterocycles. The molecular weight excluding hydrogens is 323 g/mol. The molecule has 1 aromatic carbocycles. The van der Waals surface area contributed by atoms with E-state index in [1.165, 1.54) is 0 Å². The topological polar surface area (TPSA) is 50.3 Å². The van der Waals surface area contributed by atoms with Gasteiger partial charge in [-0.15, -0.1) is 0 Å². The summed E-state index contributed by atoms with van der Waals surface area (Å²) in [6, 6.07) is 7.71. The van der Waals surface area contributed by atoms with Crippen molar-refractivity contribution >= 4 is 29.2 Å². The lowest BCUT2D eigenvalue weighted by molar-refractivity contribution is 0.414. The standard InChI is InChI=1S/C15H18Cl2N4O/c1-21(2)9-18-15-19-13(16)12(14(17)20-15)8-10-4-6-11(22-3)7-5-10/h4-7H,8-9H2,1-3H3,(H,18,19,20). The number of hydrogen-bond donors (Lipinski definition) is 1. The maximum Gasteiger partial charge on any atom is 0.226 e. The molecule has 0 amide bonds. The fourth-order valence-corrected chi connectivity index (χ4v) is 2.35. The number of methoxy groups -OCH3 is 1. The summed E-state index contributed by atoms with van der Waals surface area (Å²) >= 11 is 12.5. The van der Waals surface area contributed by atoms with Crippen LogP contribution in [0.4, 0.5) is 5.95 Å². The zero-order chi connectivity index (χ0) is 16.1. The van der Waals surface area contributed by atoms with Gasteiger partial charge in [0.05, 0.1) is 13.8 Å². The predicted molar refractivity (Wildman–Crippen MR) is 90.0 cm³/mol. The summed E-state index contributed by atoms with van der Waals surface area (Å²) in [6.45, 7) is 0.602. The summed E-state index contributed by atoms with van der Waals surface area (Å²) in [5.74, 6) is 1.22. The SMILES string of the molecule is COc1ccc(Cc2c(Cl)nc(NCN(C)C)nc2Cl)cc1. The predicted octanol–water partition coefficient (Wildman–Crippen LogP) is 3.31. The van der Waals surface area contributed by atoms with Crippen LogP contribution in [0.2, 0.25) is 10.3 Å². The first-order valence-electron chi connectivity index (χ1n) is 6.73. The second-order valence-electron chi connectivity index (χ2n) is 5.05. The number of hydrogen-bond acceptors (Lipinski definition) is 5. The molecule has 22 heavy (non-hydrogen) atoms. The molecule has 0 aliphatic carbocycles. The Morgan fingerprint density at radius 1 is 1.09 bits per heavy atom. The van der Waals surface area contributed by atoms with Gasteiger partial charge in [-0.2, -0.15) is 0 Å². The molecule has 2 aromatic rings. The van der Waals surface area contributed by atoms with Crippen molar-refractivity contribution < 1.29 is 4.74 Å². The fraction of sp³-hybridized carbons (Fsp3) is 0.333. The van der Waals surface area contributed by atoms with E-state index >= 15 is 0 Å². The summed E-state index contributed by atoms with van der Waals surface area (Å²) in [5.41, 5.74) is 1.77. The van der Waals surface area contributed by atoms with Gasteiger partial charge < -0.3 is 10.1 Å². The van der Waals surface area contributed by atoms with Gasteiger partial charge in [-0.05, 0) is 31.8 Å². The molecule has 0 aliphatic rings. The van der Waals surface area contributed by atoms with Crippen LogP contribution in [0.3, 0.4) is 0 Å². The number of aromatic nitrogens is 2. The molecule has 5 nitrogen and oxygen atoms in total. The smallest absolute Gasteiger partial charge is 0.226 e. The van der Waals surface area contributed by atoms with Crippen molar-refractivity contribution in [3.63, 3.8) is 0 Å². The summed E-state index contributed by atoms with van der Waals surface area (Å²) in [5, 5.41) is 3.77. The Hall–Kier alpha value is -1.56. The maximum absolute atomic E-state index is 6.24. The van der Waals surface area contributed by atoms with Crippen molar-refractivity contribution in [2.45, 2.75) is 6.42 Å². The van der Waals surface area contributed by atoms with E-state index in [4.69, 9.17) is 27.9 Å². The third-order valence-corrected chi connectivity index (χ3v) is 3.62. The van der Waals surface area contributed by atoms with Crippen LogP contribution in [0.25, 0.3) is 0 Å². The molecule has 0 atom stereocenters. The van der Waals surface area contributed by atoms with Gasteiger partial charge in [-0.3, -0.25) is 4.90 Å². The van der Waals surface area contributed by atoms with Crippen LogP contribution in [0.5, 0.6) is 5.75 Å². The molecule has 0 fully saturated rings. The molecule has 0 bridgehead atoms. The van der Waals surface area contributed by atoms with Gasteiger partial charge in [-0.25, -0.2) is 9.97 Å². The van der Waals surface area contributed by atoms with Gasteiger partial charge in [-0.1, -0.05) is 35.3 Å². The molecule has 7 heteroatoms. The normalized spacial score (nSPS) is 10.8. The Labute approximate surface area is 140 Å². The van der Waals surface area contributed by atoms with Crippen LogP contribution < -0.4 is 10.1 Å². The third-order valence-electron chi connectivity index (χ3n) is 3.00. The summed E-state index contributed by atoms with van der Waals surface area (Å²) in [4.78, 5) is 10.4. The first-order valence-corrected chi connectivity index (χ1v) is 7.48. The van der Waals surface area contributed by atoms with Gasteiger partial charge >= 0.3 is 0 Å². The first-order chi connectivity index (χ1) is 10.5. The second kappa shape index (κ2) is 7.63. The third kappa shape index (κ3) is 4.47. The van der Waals surface area contributed by atoms with Crippen LogP contribution in [-0.4, -0.2) is 42.7 Å². The highest BCUT2D eigenvalue weighted by Gasteiger charge is 2.12.